The van der Waals surface area contributed by atoms with E-state index in [9.17, 15) is 9.59 Å². The smallest absolute Gasteiger partial charge is 0.417 e. The third kappa shape index (κ3) is 2.20. The van der Waals surface area contributed by atoms with E-state index in [2.05, 4.69) is 4.74 Å². The zero-order chi connectivity index (χ0) is 8.97. The minimum absolute atomic E-state index is 0.295. The molecule has 1 fully saturated rings. The maximum atomic E-state index is 10.8. The van der Waals surface area contributed by atoms with Crippen LogP contribution in [0.2, 0.25) is 0 Å². The van der Waals surface area contributed by atoms with Crippen molar-refractivity contribution in [1.29, 1.82) is 0 Å². The minimum atomic E-state index is -0.970. The summed E-state index contributed by atoms with van der Waals surface area (Å²) in [5.41, 5.74) is 0. The third-order valence-corrected chi connectivity index (χ3v) is 1.51. The molecule has 5 heteroatoms. The molecular weight excluding hydrogens is 164 g/mol. The highest BCUT2D eigenvalue weighted by Crippen LogP contribution is 2.08. The van der Waals surface area contributed by atoms with Crippen molar-refractivity contribution in [3.63, 3.8) is 0 Å². The summed E-state index contributed by atoms with van der Waals surface area (Å²) in [5.74, 6) is -1.92. The highest BCUT2D eigenvalue weighted by Gasteiger charge is 2.24. The van der Waals surface area contributed by atoms with Gasteiger partial charge < -0.3 is 14.2 Å². The Kier molecular flexibility index (Phi) is 3.04. The van der Waals surface area contributed by atoms with E-state index in [1.165, 1.54) is 0 Å². The lowest BCUT2D eigenvalue weighted by atomic mass is 10.3. The third-order valence-electron chi connectivity index (χ3n) is 1.51. The summed E-state index contributed by atoms with van der Waals surface area (Å²) in [6, 6.07) is 0. The molecular formula is C7H10O5. The summed E-state index contributed by atoms with van der Waals surface area (Å²) in [6.45, 7) is 0.932. The van der Waals surface area contributed by atoms with Gasteiger partial charge in [-0.3, -0.25) is 0 Å². The zero-order valence-electron chi connectivity index (χ0n) is 6.74. The molecule has 1 rings (SSSR count). The first-order valence-corrected chi connectivity index (χ1v) is 3.60. The predicted molar refractivity (Wildman–Crippen MR) is 37.3 cm³/mol. The molecule has 0 N–H and O–H groups in total. The van der Waals surface area contributed by atoms with Crippen molar-refractivity contribution in [2.75, 3.05) is 20.3 Å². The number of hydrogen-bond acceptors (Lipinski definition) is 5. The molecule has 12 heavy (non-hydrogen) atoms. The van der Waals surface area contributed by atoms with Crippen molar-refractivity contribution in [3.8, 4) is 0 Å². The Balaban J connectivity index is 2.29. The molecule has 1 saturated heterocycles. The van der Waals surface area contributed by atoms with Gasteiger partial charge in [-0.05, 0) is 0 Å². The normalized spacial score (nSPS) is 21.9. The molecule has 0 radical (unpaired) electrons. The van der Waals surface area contributed by atoms with Crippen molar-refractivity contribution in [3.05, 3.63) is 0 Å². The quantitative estimate of drug-likeness (QED) is 0.396. The topological polar surface area (TPSA) is 61.8 Å². The van der Waals surface area contributed by atoms with Crippen LogP contribution in [0.4, 0.5) is 0 Å². The van der Waals surface area contributed by atoms with Gasteiger partial charge in [-0.1, -0.05) is 0 Å². The number of carbonyl (C=O) groups is 2. The summed E-state index contributed by atoms with van der Waals surface area (Å²) < 4.78 is 13.8. The van der Waals surface area contributed by atoms with E-state index < -0.39 is 11.9 Å². The molecule has 0 aromatic heterocycles. The van der Waals surface area contributed by atoms with Gasteiger partial charge >= 0.3 is 11.9 Å². The summed E-state index contributed by atoms with van der Waals surface area (Å²) >= 11 is 0. The van der Waals surface area contributed by atoms with Crippen LogP contribution in [0.5, 0.6) is 0 Å². The molecule has 0 bridgehead atoms. The standard InChI is InChI=1S/C7H10O5/c1-10-6(8)7(9)12-5-2-3-11-4-5/h5H,2-4H2,1H3. The van der Waals surface area contributed by atoms with Gasteiger partial charge in [-0.15, -0.1) is 0 Å². The van der Waals surface area contributed by atoms with Crippen molar-refractivity contribution >= 4 is 11.9 Å². The van der Waals surface area contributed by atoms with E-state index in [0.29, 0.717) is 19.6 Å². The Morgan fingerprint density at radius 1 is 1.42 bits per heavy atom. The molecule has 1 aliphatic rings. The first-order chi connectivity index (χ1) is 5.74. The number of hydrogen-bond donors (Lipinski definition) is 0. The van der Waals surface area contributed by atoms with Gasteiger partial charge in [0, 0.05) is 6.42 Å². The number of ether oxygens (including phenoxy) is 3. The van der Waals surface area contributed by atoms with Gasteiger partial charge in [0.15, 0.2) is 0 Å². The molecule has 0 saturated carbocycles. The largest absolute Gasteiger partial charge is 0.461 e. The van der Waals surface area contributed by atoms with Crippen LogP contribution in [-0.4, -0.2) is 38.4 Å². The van der Waals surface area contributed by atoms with Gasteiger partial charge in [0.05, 0.1) is 20.3 Å². The average Bonchev–Trinajstić information content (AvgIpc) is 2.55. The second-order valence-electron chi connectivity index (χ2n) is 2.38. The fourth-order valence-electron chi connectivity index (χ4n) is 0.889. The van der Waals surface area contributed by atoms with E-state index in [1.54, 1.807) is 0 Å². The van der Waals surface area contributed by atoms with Gasteiger partial charge in [0.1, 0.15) is 6.10 Å². The molecule has 1 aliphatic heterocycles. The van der Waals surface area contributed by atoms with Crippen molar-refractivity contribution < 1.29 is 23.8 Å². The van der Waals surface area contributed by atoms with Gasteiger partial charge in [0.2, 0.25) is 0 Å². The van der Waals surface area contributed by atoms with Crippen molar-refractivity contribution in [2.24, 2.45) is 0 Å². The molecule has 1 unspecified atom stereocenters. The number of methoxy groups -OCH3 is 1. The average molecular weight is 174 g/mol. The van der Waals surface area contributed by atoms with E-state index >= 15 is 0 Å². The fourth-order valence-corrected chi connectivity index (χ4v) is 0.889. The van der Waals surface area contributed by atoms with Gasteiger partial charge in [-0.25, -0.2) is 9.59 Å². The lowest BCUT2D eigenvalue weighted by Gasteiger charge is -2.07. The van der Waals surface area contributed by atoms with Gasteiger partial charge in [-0.2, -0.15) is 0 Å². The fraction of sp³-hybridized carbons (Fsp3) is 0.714. The van der Waals surface area contributed by atoms with Gasteiger partial charge in [0.25, 0.3) is 0 Å². The van der Waals surface area contributed by atoms with Crippen molar-refractivity contribution in [1.82, 2.24) is 0 Å². The molecule has 0 aliphatic carbocycles. The number of esters is 2. The van der Waals surface area contributed by atoms with Crippen LogP contribution in [0, 0.1) is 0 Å². The lowest BCUT2D eigenvalue weighted by Crippen LogP contribution is -2.25. The number of carbonyl (C=O) groups excluding carboxylic acids is 2. The minimum Gasteiger partial charge on any atom is -0.461 e. The first-order valence-electron chi connectivity index (χ1n) is 3.60. The summed E-state index contributed by atoms with van der Waals surface area (Å²) in [5, 5.41) is 0. The van der Waals surface area contributed by atoms with E-state index in [4.69, 9.17) is 9.47 Å². The van der Waals surface area contributed by atoms with Crippen LogP contribution in [0.25, 0.3) is 0 Å². The Hall–Kier alpha value is -1.10. The molecule has 0 aromatic carbocycles. The van der Waals surface area contributed by atoms with Crippen molar-refractivity contribution in [2.45, 2.75) is 12.5 Å². The molecule has 5 nitrogen and oxygen atoms in total. The second kappa shape index (κ2) is 4.06. The van der Waals surface area contributed by atoms with E-state index in [0.717, 1.165) is 7.11 Å². The second-order valence-corrected chi connectivity index (χ2v) is 2.38. The van der Waals surface area contributed by atoms with Crippen LogP contribution in [0.15, 0.2) is 0 Å². The summed E-state index contributed by atoms with van der Waals surface area (Å²) in [7, 11) is 1.13. The van der Waals surface area contributed by atoms with E-state index in [-0.39, 0.29) is 6.10 Å². The lowest BCUT2D eigenvalue weighted by molar-refractivity contribution is -0.169. The Morgan fingerprint density at radius 2 is 2.17 bits per heavy atom. The highest BCUT2D eigenvalue weighted by atomic mass is 16.6. The molecule has 0 amide bonds. The summed E-state index contributed by atoms with van der Waals surface area (Å²) in [4.78, 5) is 21.3. The Labute approximate surface area is 69.6 Å². The predicted octanol–water partition coefficient (Wildman–Crippen LogP) is -0.509. The molecule has 68 valence electrons. The maximum absolute atomic E-state index is 10.8. The zero-order valence-corrected chi connectivity index (χ0v) is 6.74. The molecule has 1 atom stereocenters. The first kappa shape index (κ1) is 8.99. The molecule has 0 spiro atoms. The van der Waals surface area contributed by atoms with Crippen LogP contribution >= 0.6 is 0 Å². The van der Waals surface area contributed by atoms with E-state index in [1.807, 2.05) is 0 Å². The monoisotopic (exact) mass is 174 g/mol. The summed E-state index contributed by atoms with van der Waals surface area (Å²) in [6.07, 6.45) is 0.347. The highest BCUT2D eigenvalue weighted by molar-refractivity contribution is 6.29. The maximum Gasteiger partial charge on any atom is 0.417 e. The van der Waals surface area contributed by atoms with Crippen LogP contribution in [0.3, 0.4) is 0 Å². The molecule has 0 aromatic rings. The Bertz CT molecular complexity index is 182. The number of rotatable bonds is 1. The van der Waals surface area contributed by atoms with Crippen LogP contribution in [0.1, 0.15) is 6.42 Å². The SMILES string of the molecule is COC(=O)C(=O)OC1CCOC1. The van der Waals surface area contributed by atoms with Crippen LogP contribution in [-0.2, 0) is 23.8 Å². The van der Waals surface area contributed by atoms with Crippen LogP contribution < -0.4 is 0 Å². The Morgan fingerprint density at radius 3 is 2.67 bits per heavy atom. The molecule has 1 heterocycles.